The molecule has 0 amide bonds. The molecule has 0 radical (unpaired) electrons. The molecule has 0 unspecified atom stereocenters. The average Bonchev–Trinajstić information content (AvgIpc) is 2.59. The fourth-order valence-electron chi connectivity index (χ4n) is 2.41. The quantitative estimate of drug-likeness (QED) is 0.303. The molecule has 0 bridgehead atoms. The zero-order valence-corrected chi connectivity index (χ0v) is 15.8. The molecule has 0 aliphatic carbocycles. The second-order valence-corrected chi connectivity index (χ2v) is 6.58. The van der Waals surface area contributed by atoms with Crippen LogP contribution in [0, 0.1) is 0 Å². The lowest BCUT2D eigenvalue weighted by molar-refractivity contribution is 0.347. The Hall–Kier alpha value is -1.33. The SMILES string of the molecule is C=CN(C)C(=NC1CCN(SC)CC1)C(=C\N=C)/C=C(\C)CC. The molecule has 0 saturated carbocycles. The summed E-state index contributed by atoms with van der Waals surface area (Å²) in [5.41, 5.74) is 2.29. The van der Waals surface area contributed by atoms with Gasteiger partial charge in [0.25, 0.3) is 0 Å². The van der Waals surface area contributed by atoms with Crippen LogP contribution in [0.25, 0.3) is 0 Å². The van der Waals surface area contributed by atoms with Crippen LogP contribution in [-0.2, 0) is 0 Å². The zero-order valence-electron chi connectivity index (χ0n) is 15.0. The number of rotatable bonds is 7. The first-order valence-electron chi connectivity index (χ1n) is 8.11. The molecule has 1 aliphatic rings. The van der Waals surface area contributed by atoms with Crippen molar-refractivity contribution in [3.63, 3.8) is 0 Å². The second kappa shape index (κ2) is 10.4. The monoisotopic (exact) mass is 334 g/mol. The first kappa shape index (κ1) is 19.7. The van der Waals surface area contributed by atoms with Crippen molar-refractivity contribution in [1.29, 1.82) is 0 Å². The smallest absolute Gasteiger partial charge is 0.136 e. The van der Waals surface area contributed by atoms with E-state index in [0.717, 1.165) is 43.8 Å². The molecule has 1 rings (SSSR count). The van der Waals surface area contributed by atoms with Gasteiger partial charge >= 0.3 is 0 Å². The highest BCUT2D eigenvalue weighted by molar-refractivity contribution is 7.96. The summed E-state index contributed by atoms with van der Waals surface area (Å²) < 4.78 is 2.39. The van der Waals surface area contributed by atoms with Crippen LogP contribution in [0.5, 0.6) is 0 Å². The van der Waals surface area contributed by atoms with E-state index in [1.165, 1.54) is 5.57 Å². The maximum absolute atomic E-state index is 5.02. The summed E-state index contributed by atoms with van der Waals surface area (Å²) in [6.07, 6.45) is 11.0. The van der Waals surface area contributed by atoms with Gasteiger partial charge in [0.15, 0.2) is 0 Å². The third kappa shape index (κ3) is 6.36. The van der Waals surface area contributed by atoms with Crippen molar-refractivity contribution in [3.8, 4) is 0 Å². The van der Waals surface area contributed by atoms with E-state index in [9.17, 15) is 0 Å². The summed E-state index contributed by atoms with van der Waals surface area (Å²) in [4.78, 5) is 11.0. The van der Waals surface area contributed by atoms with Gasteiger partial charge < -0.3 is 4.90 Å². The Morgan fingerprint density at radius 1 is 1.39 bits per heavy atom. The molecule has 0 aromatic heterocycles. The van der Waals surface area contributed by atoms with Gasteiger partial charge in [-0.2, -0.15) is 0 Å². The van der Waals surface area contributed by atoms with Crippen molar-refractivity contribution in [3.05, 3.63) is 36.2 Å². The lowest BCUT2D eigenvalue weighted by Gasteiger charge is -2.29. The van der Waals surface area contributed by atoms with E-state index in [-0.39, 0.29) is 0 Å². The standard InChI is InChI=1S/C18H30N4S/c1-7-15(3)13-16(14-19-4)18(21(5)8-2)20-17-9-11-22(23-6)12-10-17/h8,13-14,17H,2,4,7,9-12H2,1,3,5-6H3/b15-13+,16-14-,20-18?. The lowest BCUT2D eigenvalue weighted by atomic mass is 10.1. The zero-order chi connectivity index (χ0) is 17.2. The Kier molecular flexibility index (Phi) is 8.95. The van der Waals surface area contributed by atoms with Crippen LogP contribution in [0.3, 0.4) is 0 Å². The van der Waals surface area contributed by atoms with Gasteiger partial charge in [0.05, 0.1) is 6.04 Å². The molecular formula is C18H30N4S. The Bertz CT molecular complexity index is 485. The number of hydrogen-bond donors (Lipinski definition) is 0. The highest BCUT2D eigenvalue weighted by Gasteiger charge is 2.20. The van der Waals surface area contributed by atoms with E-state index in [0.29, 0.717) is 6.04 Å². The number of piperidine rings is 1. The summed E-state index contributed by atoms with van der Waals surface area (Å²) >= 11 is 1.82. The molecule has 0 spiro atoms. The summed E-state index contributed by atoms with van der Waals surface area (Å²) in [5.74, 6) is 0.919. The Morgan fingerprint density at radius 3 is 2.52 bits per heavy atom. The second-order valence-electron chi connectivity index (χ2n) is 5.70. The molecule has 0 aromatic rings. The van der Waals surface area contributed by atoms with Crippen LogP contribution in [0.2, 0.25) is 0 Å². The largest absolute Gasteiger partial charge is 0.336 e. The molecular weight excluding hydrogens is 304 g/mol. The predicted molar refractivity (Wildman–Crippen MR) is 105 cm³/mol. The molecule has 1 heterocycles. The van der Waals surface area contributed by atoms with Crippen LogP contribution in [0.4, 0.5) is 0 Å². The van der Waals surface area contributed by atoms with E-state index in [1.54, 1.807) is 12.4 Å². The van der Waals surface area contributed by atoms with Crippen molar-refractivity contribution in [2.75, 3.05) is 26.4 Å². The molecule has 5 heteroatoms. The predicted octanol–water partition coefficient (Wildman–Crippen LogP) is 4.14. The topological polar surface area (TPSA) is 31.2 Å². The first-order chi connectivity index (χ1) is 11.0. The van der Waals surface area contributed by atoms with Crippen LogP contribution in [-0.4, -0.2) is 54.2 Å². The lowest BCUT2D eigenvalue weighted by Crippen LogP contribution is -2.32. The molecule has 0 atom stereocenters. The number of allylic oxidation sites excluding steroid dienone is 1. The maximum Gasteiger partial charge on any atom is 0.136 e. The third-order valence-electron chi connectivity index (χ3n) is 4.04. The van der Waals surface area contributed by atoms with Gasteiger partial charge in [-0.05, 0) is 45.4 Å². The molecule has 23 heavy (non-hydrogen) atoms. The van der Waals surface area contributed by atoms with E-state index in [4.69, 9.17) is 4.99 Å². The fraction of sp³-hybridized carbons (Fsp3) is 0.556. The van der Waals surface area contributed by atoms with Crippen molar-refractivity contribution in [1.82, 2.24) is 9.21 Å². The summed E-state index contributed by atoms with van der Waals surface area (Å²) in [6, 6.07) is 0.347. The minimum absolute atomic E-state index is 0.347. The van der Waals surface area contributed by atoms with Gasteiger partial charge in [0, 0.05) is 31.9 Å². The third-order valence-corrected chi connectivity index (χ3v) is 4.92. The van der Waals surface area contributed by atoms with Gasteiger partial charge in [0.1, 0.15) is 5.84 Å². The summed E-state index contributed by atoms with van der Waals surface area (Å²) in [7, 11) is 1.98. The van der Waals surface area contributed by atoms with Gasteiger partial charge in [0.2, 0.25) is 0 Å². The Balaban J connectivity index is 3.07. The van der Waals surface area contributed by atoms with Crippen molar-refractivity contribution < 1.29 is 0 Å². The normalized spacial score (nSPS) is 18.9. The fourth-order valence-corrected chi connectivity index (χ4v) is 2.98. The van der Waals surface area contributed by atoms with Crippen LogP contribution in [0.15, 0.2) is 46.2 Å². The van der Waals surface area contributed by atoms with E-state index >= 15 is 0 Å². The Morgan fingerprint density at radius 2 is 2.04 bits per heavy atom. The van der Waals surface area contributed by atoms with Crippen molar-refractivity contribution in [2.45, 2.75) is 39.2 Å². The maximum atomic E-state index is 5.02. The number of hydrogen-bond acceptors (Lipinski definition) is 4. The van der Waals surface area contributed by atoms with Gasteiger partial charge in [-0.3, -0.25) is 14.3 Å². The van der Waals surface area contributed by atoms with Gasteiger partial charge in [-0.1, -0.05) is 37.1 Å². The molecule has 1 fully saturated rings. The van der Waals surface area contributed by atoms with Crippen LogP contribution < -0.4 is 0 Å². The van der Waals surface area contributed by atoms with Crippen molar-refractivity contribution in [2.24, 2.45) is 9.98 Å². The molecule has 4 nitrogen and oxygen atoms in total. The van der Waals surface area contributed by atoms with E-state index in [1.807, 2.05) is 23.9 Å². The number of likely N-dealkylation sites (N-methyl/N-ethyl adjacent to an activating group) is 1. The molecule has 0 N–H and O–H groups in total. The highest BCUT2D eigenvalue weighted by Crippen LogP contribution is 2.20. The molecule has 0 aromatic carbocycles. The summed E-state index contributed by atoms with van der Waals surface area (Å²) in [6.45, 7) is 13.9. The highest BCUT2D eigenvalue weighted by atomic mass is 32.2. The van der Waals surface area contributed by atoms with Crippen molar-refractivity contribution >= 4 is 24.5 Å². The summed E-state index contributed by atoms with van der Waals surface area (Å²) in [5, 5.41) is 0. The Labute approximate surface area is 145 Å². The van der Waals surface area contributed by atoms with Gasteiger partial charge in [-0.25, -0.2) is 0 Å². The number of aliphatic imine (C=N–C) groups is 2. The number of nitrogens with zero attached hydrogens (tertiary/aromatic N) is 4. The van der Waals surface area contributed by atoms with Crippen LogP contribution >= 0.6 is 11.9 Å². The average molecular weight is 335 g/mol. The van der Waals surface area contributed by atoms with Gasteiger partial charge in [-0.15, -0.1) is 0 Å². The van der Waals surface area contributed by atoms with Crippen LogP contribution in [0.1, 0.15) is 33.1 Å². The first-order valence-corrected chi connectivity index (χ1v) is 9.29. The molecule has 128 valence electrons. The molecule has 1 saturated heterocycles. The van der Waals surface area contributed by atoms with E-state index < -0.39 is 0 Å². The minimum Gasteiger partial charge on any atom is -0.336 e. The minimum atomic E-state index is 0.347. The molecule has 1 aliphatic heterocycles. The van der Waals surface area contributed by atoms with E-state index in [2.05, 4.69) is 48.8 Å². The number of amidine groups is 1.